The minimum atomic E-state index is -5.10. The van der Waals surface area contributed by atoms with Crippen LogP contribution in [0.2, 0.25) is 5.28 Å². The van der Waals surface area contributed by atoms with Crippen LogP contribution in [-0.4, -0.2) is 108 Å². The largest absolute Gasteiger partial charge is 0.393 e. The number of hydrogen-bond donors (Lipinski definition) is 7. The smallest absolute Gasteiger partial charge is 0.359 e. The number of aliphatic hydroxyl groups excluding tert-OH is 3. The lowest BCUT2D eigenvalue weighted by atomic mass is 10.1. The molecule has 3 aromatic rings. The molecule has 3 aromatic heterocycles. The first-order valence-corrected chi connectivity index (χ1v) is 13.8. The Balaban J connectivity index is 1.36. The van der Waals surface area contributed by atoms with Crippen LogP contribution in [0.3, 0.4) is 0 Å². The predicted molar refractivity (Wildman–Crippen MR) is 128 cm³/mol. The molecule has 5 atom stereocenters. The summed E-state index contributed by atoms with van der Waals surface area (Å²) in [5.74, 6) is 0.442. The number of aliphatic hydroxyl groups is 3. The number of rotatable bonds is 10. The van der Waals surface area contributed by atoms with Gasteiger partial charge in [-0.2, -0.15) is 15.1 Å². The number of H-pyrrole nitrogens is 1. The van der Waals surface area contributed by atoms with Gasteiger partial charge in [0.05, 0.1) is 31.2 Å². The van der Waals surface area contributed by atoms with E-state index in [0.29, 0.717) is 11.2 Å². The van der Waals surface area contributed by atoms with Gasteiger partial charge in [0.1, 0.15) is 24.1 Å². The Morgan fingerprint density at radius 2 is 2.03 bits per heavy atom. The Hall–Kier alpha value is -2.34. The highest BCUT2D eigenvalue weighted by molar-refractivity contribution is 7.53. The highest BCUT2D eigenvalue weighted by Crippen LogP contribution is 2.53. The van der Waals surface area contributed by atoms with Crippen molar-refractivity contribution in [3.63, 3.8) is 0 Å². The molecule has 19 heteroatoms. The van der Waals surface area contributed by atoms with Crippen molar-refractivity contribution in [1.29, 1.82) is 0 Å². The van der Waals surface area contributed by atoms with E-state index in [9.17, 15) is 29.7 Å². The lowest BCUT2D eigenvalue weighted by molar-refractivity contribution is -0.109. The minimum Gasteiger partial charge on any atom is -0.393 e. The lowest BCUT2D eigenvalue weighted by Gasteiger charge is -2.32. The number of hydrogen-bond acceptors (Lipinski definition) is 13. The number of nitrogens with one attached hydrogen (secondary N) is 2. The van der Waals surface area contributed by atoms with E-state index in [1.54, 1.807) is 0 Å². The minimum absolute atomic E-state index is 0.0465. The molecule has 4 heterocycles. The molecule has 2 aliphatic rings. The van der Waals surface area contributed by atoms with Gasteiger partial charge in [-0.3, -0.25) is 4.57 Å². The zero-order chi connectivity index (χ0) is 27.1. The molecule has 7 N–H and O–H groups in total. The Morgan fingerprint density at radius 3 is 2.68 bits per heavy atom. The Labute approximate surface area is 219 Å². The molecule has 0 spiro atoms. The Bertz CT molecular complexity index is 1300. The summed E-state index contributed by atoms with van der Waals surface area (Å²) in [5, 5.41) is 49.6. The number of aromatic nitrogens is 8. The second-order valence-corrected chi connectivity index (χ2v) is 11.6. The van der Waals surface area contributed by atoms with Gasteiger partial charge in [-0.15, -0.1) is 5.10 Å². The normalized spacial score (nSPS) is 26.3. The van der Waals surface area contributed by atoms with Crippen LogP contribution in [0.4, 0.5) is 5.82 Å². The van der Waals surface area contributed by atoms with Crippen LogP contribution in [0.5, 0.6) is 0 Å². The quantitative estimate of drug-likeness (QED) is 0.114. The van der Waals surface area contributed by atoms with Crippen molar-refractivity contribution >= 4 is 36.0 Å². The molecule has 2 fully saturated rings. The Morgan fingerprint density at radius 1 is 1.26 bits per heavy atom. The molecular formula is C19H27ClN9O8P. The van der Waals surface area contributed by atoms with Crippen LogP contribution in [0.25, 0.3) is 11.0 Å². The topological polar surface area (TPSA) is 247 Å². The molecular weight excluding hydrogens is 549 g/mol. The third-order valence-corrected chi connectivity index (χ3v) is 8.49. The van der Waals surface area contributed by atoms with E-state index in [-0.39, 0.29) is 22.8 Å². The Kier molecular flexibility index (Phi) is 7.65. The number of nitrogens with zero attached hydrogens (tertiary/aromatic N) is 7. The van der Waals surface area contributed by atoms with Crippen LogP contribution in [0, 0.1) is 0 Å². The highest BCUT2D eigenvalue weighted by Gasteiger charge is 2.52. The van der Waals surface area contributed by atoms with Crippen LogP contribution in [-0.2, 0) is 20.5 Å². The van der Waals surface area contributed by atoms with Gasteiger partial charge in [-0.05, 0) is 34.9 Å². The summed E-state index contributed by atoms with van der Waals surface area (Å²) in [6.45, 7) is -1.70. The van der Waals surface area contributed by atoms with E-state index >= 15 is 0 Å². The maximum atomic E-state index is 12.3. The summed E-state index contributed by atoms with van der Waals surface area (Å²) in [4.78, 5) is 28.4. The van der Waals surface area contributed by atoms with Gasteiger partial charge in [0.15, 0.2) is 23.0 Å². The predicted octanol–water partition coefficient (Wildman–Crippen LogP) is -0.908. The van der Waals surface area contributed by atoms with Crippen molar-refractivity contribution in [2.75, 3.05) is 18.5 Å². The van der Waals surface area contributed by atoms with E-state index in [1.807, 2.05) is 0 Å². The van der Waals surface area contributed by atoms with Crippen LogP contribution in [0.15, 0.2) is 6.20 Å². The van der Waals surface area contributed by atoms with Crippen LogP contribution in [0.1, 0.15) is 37.7 Å². The summed E-state index contributed by atoms with van der Waals surface area (Å²) < 4.78 is 24.8. The summed E-state index contributed by atoms with van der Waals surface area (Å²) in [6.07, 6.45) is -0.410. The highest BCUT2D eigenvalue weighted by atomic mass is 35.5. The maximum absolute atomic E-state index is 12.3. The second-order valence-electron chi connectivity index (χ2n) is 9.32. The molecule has 0 amide bonds. The molecule has 5 rings (SSSR count). The van der Waals surface area contributed by atoms with E-state index in [0.717, 1.165) is 25.7 Å². The van der Waals surface area contributed by atoms with Crippen molar-refractivity contribution in [2.24, 2.45) is 0 Å². The van der Waals surface area contributed by atoms with Gasteiger partial charge in [-0.1, -0.05) is 12.8 Å². The fourth-order valence-corrected chi connectivity index (χ4v) is 5.66. The zero-order valence-electron chi connectivity index (χ0n) is 19.8. The van der Waals surface area contributed by atoms with Crippen molar-refractivity contribution < 1.29 is 39.1 Å². The van der Waals surface area contributed by atoms with Crippen molar-refractivity contribution in [3.8, 4) is 0 Å². The molecule has 208 valence electrons. The SMILES string of the molecule is O=P(O)(O)C(CO)(Cc1nnn[nH]1)OC[C@H]1O[C@@H](n2ncc3c(NC4CCCC4)nc(Cl)nc32)[C@H](O)[C@@H]1O. The number of halogens is 1. The fourth-order valence-electron chi connectivity index (χ4n) is 4.71. The van der Waals surface area contributed by atoms with Crippen molar-refractivity contribution in [1.82, 2.24) is 40.4 Å². The summed E-state index contributed by atoms with van der Waals surface area (Å²) in [5.41, 5.74) is 0.251. The number of ether oxygens (including phenoxy) is 2. The third-order valence-electron chi connectivity index (χ3n) is 6.83. The number of fused-ring (bicyclic) bond motifs is 1. The monoisotopic (exact) mass is 575 g/mol. The van der Waals surface area contributed by atoms with Crippen LogP contribution < -0.4 is 5.32 Å². The first-order chi connectivity index (χ1) is 18.1. The van der Waals surface area contributed by atoms with Gasteiger partial charge in [-0.25, -0.2) is 9.78 Å². The third kappa shape index (κ3) is 5.13. The van der Waals surface area contributed by atoms with Gasteiger partial charge < -0.3 is 39.9 Å². The first-order valence-electron chi connectivity index (χ1n) is 11.8. The van der Waals surface area contributed by atoms with Gasteiger partial charge in [0, 0.05) is 6.04 Å². The number of anilines is 1. The second kappa shape index (κ2) is 10.7. The average Bonchev–Trinajstić information content (AvgIpc) is 3.67. The lowest BCUT2D eigenvalue weighted by Crippen LogP contribution is -2.43. The molecule has 1 aliphatic heterocycles. The van der Waals surface area contributed by atoms with E-state index in [1.165, 1.54) is 10.9 Å². The van der Waals surface area contributed by atoms with E-state index < -0.39 is 57.1 Å². The molecule has 1 saturated heterocycles. The zero-order valence-corrected chi connectivity index (χ0v) is 21.5. The average molecular weight is 576 g/mol. The van der Waals surface area contributed by atoms with E-state index in [4.69, 9.17) is 21.1 Å². The molecule has 0 radical (unpaired) electrons. The molecule has 38 heavy (non-hydrogen) atoms. The summed E-state index contributed by atoms with van der Waals surface area (Å²) in [7, 11) is -5.10. The maximum Gasteiger partial charge on any atom is 0.359 e. The number of tetrazole rings is 1. The summed E-state index contributed by atoms with van der Waals surface area (Å²) in [6, 6.07) is 0.234. The van der Waals surface area contributed by atoms with Gasteiger partial charge in [0.25, 0.3) is 0 Å². The number of aromatic amines is 1. The fraction of sp³-hybridized carbons (Fsp3) is 0.684. The summed E-state index contributed by atoms with van der Waals surface area (Å²) >= 11 is 6.17. The standard InChI is InChI=1S/C19H27ClN9O8P/c20-18-23-15(22-9-3-1-2-4-9)10-6-21-29(16(10)24-18)17-14(32)13(31)11(37-17)7-36-19(8-30,38(33,34)35)5-12-25-27-28-26-12/h6,9,11,13-14,17,30-32H,1-5,7-8H2,(H,22,23,24)(H2,33,34,35)(H,25,26,27,28)/t11-,13-,14-,17-,19?/m1/s1. The van der Waals surface area contributed by atoms with Crippen LogP contribution >= 0.6 is 19.2 Å². The van der Waals surface area contributed by atoms with E-state index in [2.05, 4.69) is 41.0 Å². The molecule has 1 unspecified atom stereocenters. The molecule has 1 saturated carbocycles. The molecule has 1 aliphatic carbocycles. The molecule has 0 aromatic carbocycles. The van der Waals surface area contributed by atoms with Gasteiger partial charge >= 0.3 is 7.60 Å². The molecule has 17 nitrogen and oxygen atoms in total. The van der Waals surface area contributed by atoms with Gasteiger partial charge in [0.2, 0.25) is 5.28 Å². The van der Waals surface area contributed by atoms with Crippen molar-refractivity contribution in [2.45, 2.75) is 68.0 Å². The van der Waals surface area contributed by atoms with Crippen molar-refractivity contribution in [3.05, 3.63) is 17.3 Å². The first kappa shape index (κ1) is 27.2. The molecule has 0 bridgehead atoms.